The molecule has 3 nitrogen and oxygen atoms in total. The van der Waals surface area contributed by atoms with Gasteiger partial charge in [0.2, 0.25) is 0 Å². The molecule has 0 radical (unpaired) electrons. The van der Waals surface area contributed by atoms with Gasteiger partial charge < -0.3 is 5.32 Å². The number of nitrogens with zero attached hydrogens (tertiary/aromatic N) is 2. The summed E-state index contributed by atoms with van der Waals surface area (Å²) < 4.78 is 0. The molecule has 1 aliphatic heterocycles. The van der Waals surface area contributed by atoms with Crippen LogP contribution < -0.4 is 5.32 Å². The molecule has 1 aromatic heterocycles. The molecular formula is C13H23N3S. The molecule has 0 bridgehead atoms. The van der Waals surface area contributed by atoms with Crippen molar-refractivity contribution in [2.45, 2.75) is 33.2 Å². The first-order chi connectivity index (χ1) is 8.28. The van der Waals surface area contributed by atoms with E-state index < -0.39 is 0 Å². The van der Waals surface area contributed by atoms with Crippen molar-refractivity contribution < 1.29 is 0 Å². The summed E-state index contributed by atoms with van der Waals surface area (Å²) in [5.41, 5.74) is 1.15. The lowest BCUT2D eigenvalue weighted by Gasteiger charge is -2.28. The predicted molar refractivity (Wildman–Crippen MR) is 73.4 cm³/mol. The van der Waals surface area contributed by atoms with E-state index in [2.05, 4.69) is 34.4 Å². The summed E-state index contributed by atoms with van der Waals surface area (Å²) in [4.78, 5) is 7.08. The van der Waals surface area contributed by atoms with Gasteiger partial charge in [0.1, 0.15) is 5.01 Å². The molecule has 17 heavy (non-hydrogen) atoms. The Kier molecular flexibility index (Phi) is 4.95. The summed E-state index contributed by atoms with van der Waals surface area (Å²) in [6.07, 6.45) is 2.71. The highest BCUT2D eigenvalue weighted by atomic mass is 32.1. The number of piperidine rings is 1. The maximum absolute atomic E-state index is 4.55. The second kappa shape index (κ2) is 6.47. The molecule has 0 aliphatic carbocycles. The Labute approximate surface area is 108 Å². The summed E-state index contributed by atoms with van der Waals surface area (Å²) in [5, 5.41) is 6.89. The van der Waals surface area contributed by atoms with Crippen molar-refractivity contribution in [3.8, 4) is 0 Å². The number of rotatable bonds is 5. The monoisotopic (exact) mass is 253 g/mol. The van der Waals surface area contributed by atoms with Crippen LogP contribution in [0.3, 0.4) is 0 Å². The molecular weight excluding hydrogens is 230 g/mol. The van der Waals surface area contributed by atoms with Crippen LogP contribution >= 0.6 is 11.3 Å². The fourth-order valence-corrected chi connectivity index (χ4v) is 3.23. The van der Waals surface area contributed by atoms with E-state index in [0.29, 0.717) is 0 Å². The average molecular weight is 253 g/mol. The Morgan fingerprint density at radius 2 is 2.47 bits per heavy atom. The van der Waals surface area contributed by atoms with Crippen LogP contribution in [0.25, 0.3) is 0 Å². The van der Waals surface area contributed by atoms with E-state index in [-0.39, 0.29) is 0 Å². The molecule has 2 heterocycles. The lowest BCUT2D eigenvalue weighted by atomic mass is 9.99. The molecule has 1 N–H and O–H groups in total. The molecule has 0 amide bonds. The SMILES string of the molecule is CCN(Cc1nc(C)cs1)CC1CCCNC1. The largest absolute Gasteiger partial charge is 0.316 e. The van der Waals surface area contributed by atoms with Gasteiger partial charge in [0.05, 0.1) is 6.54 Å². The third-order valence-electron chi connectivity index (χ3n) is 3.39. The number of aryl methyl sites for hydroxylation is 1. The highest BCUT2D eigenvalue weighted by Gasteiger charge is 2.16. The summed E-state index contributed by atoms with van der Waals surface area (Å²) in [6, 6.07) is 0. The maximum atomic E-state index is 4.55. The van der Waals surface area contributed by atoms with E-state index in [1.165, 1.54) is 37.5 Å². The van der Waals surface area contributed by atoms with Crippen LogP contribution in [-0.2, 0) is 6.54 Å². The lowest BCUT2D eigenvalue weighted by molar-refractivity contribution is 0.209. The molecule has 4 heteroatoms. The molecule has 1 fully saturated rings. The Morgan fingerprint density at radius 3 is 3.06 bits per heavy atom. The average Bonchev–Trinajstić information content (AvgIpc) is 2.75. The number of nitrogens with one attached hydrogen (secondary N) is 1. The van der Waals surface area contributed by atoms with Crippen LogP contribution in [0, 0.1) is 12.8 Å². The van der Waals surface area contributed by atoms with Crippen molar-refractivity contribution in [1.29, 1.82) is 0 Å². The lowest BCUT2D eigenvalue weighted by Crippen LogP contribution is -2.38. The molecule has 0 spiro atoms. The van der Waals surface area contributed by atoms with Gasteiger partial charge in [-0.15, -0.1) is 11.3 Å². The van der Waals surface area contributed by atoms with Crippen molar-refractivity contribution in [2.75, 3.05) is 26.2 Å². The topological polar surface area (TPSA) is 28.2 Å². The van der Waals surface area contributed by atoms with E-state index in [9.17, 15) is 0 Å². The van der Waals surface area contributed by atoms with E-state index in [1.54, 1.807) is 11.3 Å². The summed E-state index contributed by atoms with van der Waals surface area (Å²) >= 11 is 1.79. The Balaban J connectivity index is 1.83. The highest BCUT2D eigenvalue weighted by Crippen LogP contribution is 2.15. The summed E-state index contributed by atoms with van der Waals surface area (Å²) in [5.74, 6) is 0.824. The van der Waals surface area contributed by atoms with E-state index in [0.717, 1.165) is 24.7 Å². The van der Waals surface area contributed by atoms with Crippen LogP contribution in [0.5, 0.6) is 0 Å². The van der Waals surface area contributed by atoms with Crippen LogP contribution in [-0.4, -0.2) is 36.1 Å². The maximum Gasteiger partial charge on any atom is 0.107 e. The molecule has 0 aromatic carbocycles. The van der Waals surface area contributed by atoms with Crippen molar-refractivity contribution in [1.82, 2.24) is 15.2 Å². The number of aromatic nitrogens is 1. The van der Waals surface area contributed by atoms with Crippen molar-refractivity contribution in [3.05, 3.63) is 16.1 Å². The van der Waals surface area contributed by atoms with Gasteiger partial charge in [0, 0.05) is 17.6 Å². The fraction of sp³-hybridized carbons (Fsp3) is 0.769. The normalized spacial score (nSPS) is 21.0. The fourth-order valence-electron chi connectivity index (χ4n) is 2.42. The van der Waals surface area contributed by atoms with E-state index >= 15 is 0 Å². The zero-order chi connectivity index (χ0) is 12.1. The van der Waals surface area contributed by atoms with Crippen LogP contribution in [0.2, 0.25) is 0 Å². The molecule has 1 aliphatic rings. The quantitative estimate of drug-likeness (QED) is 0.872. The number of thiazole rings is 1. The summed E-state index contributed by atoms with van der Waals surface area (Å²) in [6.45, 7) is 10.1. The van der Waals surface area contributed by atoms with Gasteiger partial charge in [-0.1, -0.05) is 6.92 Å². The first kappa shape index (κ1) is 13.0. The second-order valence-electron chi connectivity index (χ2n) is 4.92. The molecule has 0 saturated carbocycles. The van der Waals surface area contributed by atoms with Crippen molar-refractivity contribution >= 4 is 11.3 Å². The van der Waals surface area contributed by atoms with Crippen molar-refractivity contribution in [2.24, 2.45) is 5.92 Å². The Hall–Kier alpha value is -0.450. The third kappa shape index (κ3) is 4.05. The highest BCUT2D eigenvalue weighted by molar-refractivity contribution is 7.09. The zero-order valence-corrected chi connectivity index (χ0v) is 11.7. The number of hydrogen-bond donors (Lipinski definition) is 1. The minimum absolute atomic E-state index is 0.824. The van der Waals surface area contributed by atoms with Gasteiger partial charge >= 0.3 is 0 Å². The third-order valence-corrected chi connectivity index (χ3v) is 4.34. The van der Waals surface area contributed by atoms with Gasteiger partial charge in [-0.05, 0) is 45.3 Å². The smallest absolute Gasteiger partial charge is 0.107 e. The standard InChI is InChI=1S/C13H23N3S/c1-3-16(8-12-5-4-6-14-7-12)9-13-15-11(2)10-17-13/h10,12,14H,3-9H2,1-2H3. The van der Waals surface area contributed by atoms with Gasteiger partial charge in [-0.25, -0.2) is 4.98 Å². The number of hydrogen-bond acceptors (Lipinski definition) is 4. The molecule has 1 saturated heterocycles. The molecule has 1 atom stereocenters. The molecule has 96 valence electrons. The predicted octanol–water partition coefficient (Wildman–Crippen LogP) is 2.27. The first-order valence-corrected chi connectivity index (χ1v) is 7.50. The molecule has 1 unspecified atom stereocenters. The Bertz CT molecular complexity index is 331. The van der Waals surface area contributed by atoms with E-state index in [1.807, 2.05) is 0 Å². The van der Waals surface area contributed by atoms with Crippen LogP contribution in [0.4, 0.5) is 0 Å². The summed E-state index contributed by atoms with van der Waals surface area (Å²) in [7, 11) is 0. The van der Waals surface area contributed by atoms with Crippen LogP contribution in [0.15, 0.2) is 5.38 Å². The van der Waals surface area contributed by atoms with Gasteiger partial charge in [-0.3, -0.25) is 4.90 Å². The first-order valence-electron chi connectivity index (χ1n) is 6.62. The van der Waals surface area contributed by atoms with Gasteiger partial charge in [0.15, 0.2) is 0 Å². The molecule has 1 aromatic rings. The minimum atomic E-state index is 0.824. The van der Waals surface area contributed by atoms with Gasteiger partial charge in [0.25, 0.3) is 0 Å². The van der Waals surface area contributed by atoms with E-state index in [4.69, 9.17) is 0 Å². The second-order valence-corrected chi connectivity index (χ2v) is 5.87. The zero-order valence-electron chi connectivity index (χ0n) is 10.9. The van der Waals surface area contributed by atoms with Gasteiger partial charge in [-0.2, -0.15) is 0 Å². The van der Waals surface area contributed by atoms with Crippen LogP contribution in [0.1, 0.15) is 30.5 Å². The molecule has 2 rings (SSSR count). The van der Waals surface area contributed by atoms with Crippen molar-refractivity contribution in [3.63, 3.8) is 0 Å². The Morgan fingerprint density at radius 1 is 1.59 bits per heavy atom. The minimum Gasteiger partial charge on any atom is -0.316 e.